The molecule has 0 aromatic heterocycles. The van der Waals surface area contributed by atoms with Crippen LogP contribution in [0.3, 0.4) is 0 Å². The normalized spacial score (nSPS) is 12.9. The highest BCUT2D eigenvalue weighted by Crippen LogP contribution is 1.74. The number of carbonyl (C=O) groups excluding carboxylic acids is 1. The Kier molecular flexibility index (Phi) is 3.32. The van der Waals surface area contributed by atoms with Gasteiger partial charge in [-0.05, 0) is 6.42 Å². The Bertz CT molecular complexity index is 55.7. The summed E-state index contributed by atoms with van der Waals surface area (Å²) in [6.45, 7) is 1.90. The molecule has 0 bridgehead atoms. The highest BCUT2D eigenvalue weighted by Gasteiger charge is 1.89. The van der Waals surface area contributed by atoms with Crippen LogP contribution in [0.5, 0.6) is 0 Å². The molecule has 1 amide bonds. The van der Waals surface area contributed by atoms with Crippen molar-refractivity contribution in [3.63, 3.8) is 0 Å². The SMILES string of the molecule is CCC(N)NC=O. The van der Waals surface area contributed by atoms with Crippen LogP contribution >= 0.6 is 0 Å². The van der Waals surface area contributed by atoms with Crippen molar-refractivity contribution in [3.05, 3.63) is 0 Å². The molecule has 0 spiro atoms. The Balaban J connectivity index is 2.98. The van der Waals surface area contributed by atoms with Crippen LogP contribution in [0.25, 0.3) is 0 Å². The van der Waals surface area contributed by atoms with Gasteiger partial charge in [-0.25, -0.2) is 0 Å². The summed E-state index contributed by atoms with van der Waals surface area (Å²) >= 11 is 0. The minimum absolute atomic E-state index is 0.169. The molecule has 0 saturated heterocycles. The van der Waals surface area contributed by atoms with E-state index in [1.165, 1.54) is 0 Å². The molecule has 0 radical (unpaired) electrons. The number of hydrogen-bond donors (Lipinski definition) is 2. The molecule has 3 nitrogen and oxygen atoms in total. The van der Waals surface area contributed by atoms with Crippen molar-refractivity contribution in [3.8, 4) is 0 Å². The van der Waals surface area contributed by atoms with Crippen LogP contribution in [0.2, 0.25) is 0 Å². The largest absolute Gasteiger partial charge is 0.344 e. The van der Waals surface area contributed by atoms with Gasteiger partial charge in [-0.3, -0.25) is 4.79 Å². The van der Waals surface area contributed by atoms with E-state index < -0.39 is 0 Å². The predicted molar refractivity (Wildman–Crippen MR) is 27.5 cm³/mol. The standard InChI is InChI=1S/C4H10N2O/c1-2-4(5)6-3-7/h3-4H,2,5H2,1H3,(H,6,7). The fourth-order valence-electron chi connectivity index (χ4n) is 0.205. The first-order valence-corrected chi connectivity index (χ1v) is 2.26. The van der Waals surface area contributed by atoms with Gasteiger partial charge < -0.3 is 11.1 Å². The van der Waals surface area contributed by atoms with Gasteiger partial charge >= 0.3 is 0 Å². The maximum atomic E-state index is 9.58. The average molecular weight is 102 g/mol. The second-order valence-electron chi connectivity index (χ2n) is 1.30. The fraction of sp³-hybridized carbons (Fsp3) is 0.750. The first kappa shape index (κ1) is 6.43. The summed E-state index contributed by atoms with van der Waals surface area (Å²) in [5, 5.41) is 2.39. The van der Waals surface area contributed by atoms with Gasteiger partial charge in [-0.1, -0.05) is 6.92 Å². The van der Waals surface area contributed by atoms with Gasteiger partial charge in [-0.15, -0.1) is 0 Å². The van der Waals surface area contributed by atoms with Gasteiger partial charge in [0, 0.05) is 0 Å². The molecule has 7 heavy (non-hydrogen) atoms. The van der Waals surface area contributed by atoms with Gasteiger partial charge in [-0.2, -0.15) is 0 Å². The molecule has 0 fully saturated rings. The Morgan fingerprint density at radius 2 is 2.57 bits per heavy atom. The van der Waals surface area contributed by atoms with E-state index in [0.717, 1.165) is 6.42 Å². The van der Waals surface area contributed by atoms with Gasteiger partial charge in [0.05, 0.1) is 6.17 Å². The van der Waals surface area contributed by atoms with E-state index in [4.69, 9.17) is 5.73 Å². The van der Waals surface area contributed by atoms with Crippen LogP contribution < -0.4 is 11.1 Å². The van der Waals surface area contributed by atoms with Crippen LogP contribution in [0.15, 0.2) is 0 Å². The molecule has 0 aromatic carbocycles. The van der Waals surface area contributed by atoms with E-state index in [-0.39, 0.29) is 6.17 Å². The van der Waals surface area contributed by atoms with Crippen molar-refractivity contribution < 1.29 is 4.79 Å². The number of nitrogens with one attached hydrogen (secondary N) is 1. The Labute approximate surface area is 42.9 Å². The summed E-state index contributed by atoms with van der Waals surface area (Å²) in [6, 6.07) is 0. The third-order valence-corrected chi connectivity index (χ3v) is 0.722. The quantitative estimate of drug-likeness (QED) is 0.370. The van der Waals surface area contributed by atoms with E-state index in [9.17, 15) is 4.79 Å². The summed E-state index contributed by atoms with van der Waals surface area (Å²) in [5.74, 6) is 0. The number of amides is 1. The lowest BCUT2D eigenvalue weighted by Gasteiger charge is -2.03. The first-order valence-electron chi connectivity index (χ1n) is 2.26. The molecular weight excluding hydrogens is 92.1 g/mol. The molecule has 0 rings (SSSR count). The van der Waals surface area contributed by atoms with Crippen molar-refractivity contribution in [2.45, 2.75) is 19.5 Å². The molecule has 3 heteroatoms. The summed E-state index contributed by atoms with van der Waals surface area (Å²) in [6.07, 6.45) is 1.21. The molecule has 0 aliphatic carbocycles. The smallest absolute Gasteiger partial charge is 0.208 e. The highest BCUT2D eigenvalue weighted by atomic mass is 16.1. The van der Waals surface area contributed by atoms with E-state index in [2.05, 4.69) is 5.32 Å². The molecule has 0 saturated carbocycles. The average Bonchev–Trinajstić information content (AvgIpc) is 1.68. The summed E-state index contributed by atoms with van der Waals surface area (Å²) in [4.78, 5) is 9.58. The van der Waals surface area contributed by atoms with Crippen molar-refractivity contribution in [2.24, 2.45) is 5.73 Å². The van der Waals surface area contributed by atoms with Crippen molar-refractivity contribution in [1.29, 1.82) is 0 Å². The molecule has 0 aromatic rings. The predicted octanol–water partition coefficient (Wildman–Crippen LogP) is -0.573. The lowest BCUT2D eigenvalue weighted by molar-refractivity contribution is -0.110. The second kappa shape index (κ2) is 3.61. The van der Waals surface area contributed by atoms with Gasteiger partial charge in [0.1, 0.15) is 0 Å². The molecular formula is C4H10N2O. The first-order chi connectivity index (χ1) is 3.31. The molecule has 3 N–H and O–H groups in total. The lowest BCUT2D eigenvalue weighted by Crippen LogP contribution is -2.35. The van der Waals surface area contributed by atoms with E-state index in [1.54, 1.807) is 0 Å². The Morgan fingerprint density at radius 3 is 2.71 bits per heavy atom. The molecule has 1 unspecified atom stereocenters. The van der Waals surface area contributed by atoms with Gasteiger partial charge in [0.15, 0.2) is 0 Å². The Hall–Kier alpha value is -0.570. The zero-order valence-electron chi connectivity index (χ0n) is 4.35. The van der Waals surface area contributed by atoms with Crippen LogP contribution in [-0.2, 0) is 4.79 Å². The minimum Gasteiger partial charge on any atom is -0.344 e. The fourth-order valence-corrected chi connectivity index (χ4v) is 0.205. The van der Waals surface area contributed by atoms with E-state index >= 15 is 0 Å². The number of rotatable bonds is 3. The lowest BCUT2D eigenvalue weighted by atomic mass is 10.4. The van der Waals surface area contributed by atoms with Crippen molar-refractivity contribution >= 4 is 6.41 Å². The maximum absolute atomic E-state index is 9.58. The third-order valence-electron chi connectivity index (χ3n) is 0.722. The molecule has 0 aliphatic rings. The maximum Gasteiger partial charge on any atom is 0.208 e. The molecule has 0 aliphatic heterocycles. The molecule has 1 atom stereocenters. The number of hydrogen-bond acceptors (Lipinski definition) is 2. The summed E-state index contributed by atoms with van der Waals surface area (Å²) in [5.41, 5.74) is 5.24. The highest BCUT2D eigenvalue weighted by molar-refractivity contribution is 5.46. The van der Waals surface area contributed by atoms with Crippen LogP contribution in [0.1, 0.15) is 13.3 Å². The Morgan fingerprint density at radius 1 is 2.00 bits per heavy atom. The van der Waals surface area contributed by atoms with Crippen LogP contribution in [-0.4, -0.2) is 12.6 Å². The van der Waals surface area contributed by atoms with Crippen molar-refractivity contribution in [1.82, 2.24) is 5.32 Å². The second-order valence-corrected chi connectivity index (χ2v) is 1.30. The molecule has 0 heterocycles. The zero-order chi connectivity index (χ0) is 5.70. The van der Waals surface area contributed by atoms with Crippen molar-refractivity contribution in [2.75, 3.05) is 0 Å². The minimum atomic E-state index is -0.169. The monoisotopic (exact) mass is 102 g/mol. The summed E-state index contributed by atoms with van der Waals surface area (Å²) < 4.78 is 0. The topological polar surface area (TPSA) is 55.1 Å². The number of carbonyl (C=O) groups is 1. The number of nitrogens with two attached hydrogens (primary N) is 1. The zero-order valence-corrected chi connectivity index (χ0v) is 4.35. The summed E-state index contributed by atoms with van der Waals surface area (Å²) in [7, 11) is 0. The van der Waals surface area contributed by atoms with Crippen LogP contribution in [0, 0.1) is 0 Å². The van der Waals surface area contributed by atoms with E-state index in [0.29, 0.717) is 6.41 Å². The van der Waals surface area contributed by atoms with Gasteiger partial charge in [0.2, 0.25) is 6.41 Å². The van der Waals surface area contributed by atoms with Crippen LogP contribution in [0.4, 0.5) is 0 Å². The van der Waals surface area contributed by atoms with E-state index in [1.807, 2.05) is 6.92 Å². The third kappa shape index (κ3) is 3.26. The van der Waals surface area contributed by atoms with Gasteiger partial charge in [0.25, 0.3) is 0 Å². The molecule has 42 valence electrons.